The molecule has 1 fully saturated rings. The van der Waals surface area contributed by atoms with E-state index < -0.39 is 36.4 Å². The van der Waals surface area contributed by atoms with Gasteiger partial charge in [0, 0.05) is 38.0 Å². The molecule has 0 aliphatic carbocycles. The molecule has 0 atom stereocenters. The van der Waals surface area contributed by atoms with Gasteiger partial charge in [0.05, 0.1) is 5.97 Å². The van der Waals surface area contributed by atoms with Crippen molar-refractivity contribution in [2.75, 3.05) is 13.2 Å². The zero-order chi connectivity index (χ0) is 14.2. The molecule has 0 amide bonds. The van der Waals surface area contributed by atoms with Crippen LogP contribution in [0.1, 0.15) is 25.7 Å². The van der Waals surface area contributed by atoms with Crippen LogP contribution in [0, 0.1) is 0 Å². The molecule has 1 heterocycles. The molecule has 11 heteroatoms. The third kappa shape index (κ3) is 14.8. The van der Waals surface area contributed by atoms with Crippen molar-refractivity contribution in [2.45, 2.75) is 31.3 Å². The van der Waals surface area contributed by atoms with Crippen LogP contribution in [0.25, 0.3) is 0 Å². The number of carbonyl (C=O) groups excluding carboxylic acids is 3. The second-order valence-electron chi connectivity index (χ2n) is 3.74. The number of carbonyl (C=O) groups is 3. The van der Waals surface area contributed by atoms with Crippen LogP contribution in [0.5, 0.6) is 0 Å². The molecular weight excluding hydrogens is 269 g/mol. The van der Waals surface area contributed by atoms with Gasteiger partial charge in [0.15, 0.2) is 0 Å². The predicted molar refractivity (Wildman–Crippen MR) is 49.3 cm³/mol. The van der Waals surface area contributed by atoms with Crippen LogP contribution in [-0.4, -0.2) is 41.8 Å². The predicted octanol–water partition coefficient (Wildman–Crippen LogP) is -13.4. The number of rotatable bonds is 5. The summed E-state index contributed by atoms with van der Waals surface area (Å²) in [7, 11) is 0. The van der Waals surface area contributed by atoms with Crippen LogP contribution < -0.4 is 71.9 Å². The largest absolute Gasteiger partial charge is 1.00 e. The number of carboxylic acid groups (broad SMARTS) is 3. The first-order chi connectivity index (χ1) is 8.28. The molecule has 1 rings (SSSR count). The van der Waals surface area contributed by atoms with E-state index in [0.29, 0.717) is 0 Å². The number of carboxylic acids is 3. The van der Waals surface area contributed by atoms with Crippen molar-refractivity contribution < 1.29 is 96.1 Å². The van der Waals surface area contributed by atoms with Crippen LogP contribution in [0.4, 0.5) is 0 Å². The van der Waals surface area contributed by atoms with Gasteiger partial charge in [0.1, 0.15) is 5.60 Å². The molecule has 0 aromatic carbocycles. The molecule has 1 aliphatic rings. The minimum Gasteiger partial charge on any atom is -0.550 e. The SMILES string of the molecule is C1CCOC1.O=C([O-])CC(O)(CC(=O)[O-])C(=O)[O-].[Li+].[Li+].[Li+]. The first kappa shape index (κ1) is 29.2. The molecule has 0 aromatic heterocycles. The molecule has 1 aliphatic heterocycles. The van der Waals surface area contributed by atoms with Gasteiger partial charge >= 0.3 is 56.6 Å². The Balaban J connectivity index is -0.000000154. The standard InChI is InChI=1S/C6H8O7.C4H8O.3Li/c7-3(8)1-6(13,5(11)12)2-4(9)10;1-2-4-5-3-1;;;/h13H,1-2H2,(H,7,8)(H,9,10)(H,11,12);1-4H2;;;/q;;3*+1/p-3. The van der Waals surface area contributed by atoms with E-state index in [2.05, 4.69) is 0 Å². The summed E-state index contributed by atoms with van der Waals surface area (Å²) in [6.07, 6.45) is -0.160. The molecule has 0 bridgehead atoms. The van der Waals surface area contributed by atoms with Gasteiger partial charge in [-0.25, -0.2) is 0 Å². The van der Waals surface area contributed by atoms with Crippen molar-refractivity contribution in [3.8, 4) is 0 Å². The van der Waals surface area contributed by atoms with Gasteiger partial charge in [-0.3, -0.25) is 0 Å². The fourth-order valence-corrected chi connectivity index (χ4v) is 1.19. The van der Waals surface area contributed by atoms with Crippen LogP contribution in [-0.2, 0) is 19.1 Å². The number of hydrogen-bond acceptors (Lipinski definition) is 8. The van der Waals surface area contributed by atoms with E-state index in [9.17, 15) is 29.7 Å². The first-order valence-corrected chi connectivity index (χ1v) is 5.19. The molecule has 104 valence electrons. The van der Waals surface area contributed by atoms with Gasteiger partial charge in [0.2, 0.25) is 0 Å². The van der Waals surface area contributed by atoms with Crippen LogP contribution in [0.15, 0.2) is 0 Å². The van der Waals surface area contributed by atoms with Gasteiger partial charge < -0.3 is 39.5 Å². The van der Waals surface area contributed by atoms with E-state index in [0.717, 1.165) is 13.2 Å². The molecule has 1 saturated heterocycles. The molecule has 0 aromatic rings. The Morgan fingerprint density at radius 3 is 1.38 bits per heavy atom. The maximum Gasteiger partial charge on any atom is 1.00 e. The van der Waals surface area contributed by atoms with Crippen molar-refractivity contribution in [3.63, 3.8) is 0 Å². The topological polar surface area (TPSA) is 150 Å². The summed E-state index contributed by atoms with van der Waals surface area (Å²) in [6.45, 7) is 2.00. The molecule has 0 radical (unpaired) electrons. The van der Waals surface area contributed by atoms with Crippen LogP contribution >= 0.6 is 0 Å². The summed E-state index contributed by atoms with van der Waals surface area (Å²) in [5.41, 5.74) is -2.97. The van der Waals surface area contributed by atoms with Crippen molar-refractivity contribution in [1.82, 2.24) is 0 Å². The average Bonchev–Trinajstić information content (AvgIpc) is 2.71. The monoisotopic (exact) mass is 282 g/mol. The molecule has 0 unspecified atom stereocenters. The zero-order valence-corrected chi connectivity index (χ0v) is 12.5. The van der Waals surface area contributed by atoms with E-state index in [1.807, 2.05) is 0 Å². The van der Waals surface area contributed by atoms with Crippen LogP contribution in [0.2, 0.25) is 0 Å². The number of hydrogen-bond donors (Lipinski definition) is 1. The van der Waals surface area contributed by atoms with Crippen molar-refractivity contribution in [1.29, 1.82) is 0 Å². The quantitative estimate of drug-likeness (QED) is 0.488. The maximum atomic E-state index is 10.1. The minimum atomic E-state index is -2.97. The Kier molecular flexibility index (Phi) is 20.9. The van der Waals surface area contributed by atoms with E-state index in [4.69, 9.17) is 9.84 Å². The minimum absolute atomic E-state index is 0. The Labute approximate surface area is 158 Å². The van der Waals surface area contributed by atoms with Crippen molar-refractivity contribution in [2.24, 2.45) is 0 Å². The van der Waals surface area contributed by atoms with E-state index in [-0.39, 0.29) is 56.6 Å². The van der Waals surface area contributed by atoms with Crippen molar-refractivity contribution >= 4 is 17.9 Å². The maximum absolute atomic E-state index is 10.1. The molecule has 21 heavy (non-hydrogen) atoms. The van der Waals surface area contributed by atoms with Gasteiger partial charge in [-0.05, 0) is 12.8 Å². The average molecular weight is 282 g/mol. The number of ether oxygens (including phenoxy) is 1. The molecule has 8 nitrogen and oxygen atoms in total. The second-order valence-corrected chi connectivity index (χ2v) is 3.74. The third-order valence-electron chi connectivity index (χ3n) is 2.08. The molecule has 1 N–H and O–H groups in total. The fourth-order valence-electron chi connectivity index (χ4n) is 1.19. The normalized spacial score (nSPS) is 12.4. The molecule has 0 spiro atoms. The summed E-state index contributed by atoms with van der Waals surface area (Å²) in [6, 6.07) is 0. The molecular formula is C10H13Li3O8. The van der Waals surface area contributed by atoms with Gasteiger partial charge in [-0.2, -0.15) is 0 Å². The van der Waals surface area contributed by atoms with Crippen molar-refractivity contribution in [3.05, 3.63) is 0 Å². The van der Waals surface area contributed by atoms with Gasteiger partial charge in [-0.15, -0.1) is 0 Å². The Bertz CT molecular complexity index is 296. The van der Waals surface area contributed by atoms with E-state index >= 15 is 0 Å². The number of aliphatic carboxylic acids is 3. The van der Waals surface area contributed by atoms with Gasteiger partial charge in [-0.1, -0.05) is 0 Å². The second kappa shape index (κ2) is 15.0. The summed E-state index contributed by atoms with van der Waals surface area (Å²) in [4.78, 5) is 30.0. The Morgan fingerprint density at radius 2 is 1.24 bits per heavy atom. The van der Waals surface area contributed by atoms with E-state index in [1.165, 1.54) is 12.8 Å². The summed E-state index contributed by atoms with van der Waals surface area (Å²) < 4.78 is 4.94. The van der Waals surface area contributed by atoms with Crippen LogP contribution in [0.3, 0.4) is 0 Å². The Morgan fingerprint density at radius 1 is 0.905 bits per heavy atom. The fraction of sp³-hybridized carbons (Fsp3) is 0.700. The molecule has 0 saturated carbocycles. The van der Waals surface area contributed by atoms with Gasteiger partial charge in [0.25, 0.3) is 0 Å². The summed E-state index contributed by atoms with van der Waals surface area (Å²) >= 11 is 0. The third-order valence-corrected chi connectivity index (χ3v) is 2.08. The van der Waals surface area contributed by atoms with E-state index in [1.54, 1.807) is 0 Å². The Hall–Kier alpha value is 0.122. The zero-order valence-electron chi connectivity index (χ0n) is 12.5. The first-order valence-electron chi connectivity index (χ1n) is 5.19. The number of aliphatic hydroxyl groups is 1. The smallest absolute Gasteiger partial charge is 0.550 e. The summed E-state index contributed by atoms with van der Waals surface area (Å²) in [5.74, 6) is -5.98. The summed E-state index contributed by atoms with van der Waals surface area (Å²) in [5, 5.41) is 38.9.